The minimum Gasteiger partial charge on any atom is -0.423 e. The molecule has 0 amide bonds. The Morgan fingerprint density at radius 2 is 1.58 bits per heavy atom. The quantitative estimate of drug-likeness (QED) is 0.355. The van der Waals surface area contributed by atoms with E-state index in [1.807, 2.05) is 42.5 Å². The Balaban J connectivity index is 2.09. The summed E-state index contributed by atoms with van der Waals surface area (Å²) in [5, 5.41) is 0. The Morgan fingerprint density at radius 3 is 2.21 bits per heavy atom. The topological polar surface area (TPSA) is 26.3 Å². The Bertz CT molecular complexity index is 580. The van der Waals surface area contributed by atoms with Crippen LogP contribution >= 0.6 is 0 Å². The number of carbonyl (C=O) groups is 1. The molecule has 0 aliphatic rings. The third-order valence-corrected chi connectivity index (χ3v) is 2.55. The molecule has 0 aliphatic heterocycles. The van der Waals surface area contributed by atoms with E-state index in [0.29, 0.717) is 5.75 Å². The van der Waals surface area contributed by atoms with Crippen molar-refractivity contribution < 1.29 is 9.53 Å². The van der Waals surface area contributed by atoms with E-state index in [9.17, 15) is 4.79 Å². The molecule has 2 nitrogen and oxygen atoms in total. The van der Waals surface area contributed by atoms with Gasteiger partial charge in [0.1, 0.15) is 5.75 Å². The van der Waals surface area contributed by atoms with Crippen LogP contribution in [0.4, 0.5) is 0 Å². The molecular formula is C17H14O2. The molecule has 0 bridgehead atoms. The van der Waals surface area contributed by atoms with Crippen molar-refractivity contribution >= 4 is 5.97 Å². The Morgan fingerprint density at radius 1 is 0.947 bits per heavy atom. The van der Waals surface area contributed by atoms with Gasteiger partial charge in [-0.05, 0) is 23.3 Å². The summed E-state index contributed by atoms with van der Waals surface area (Å²) in [7, 11) is 0. The van der Waals surface area contributed by atoms with Gasteiger partial charge in [0.2, 0.25) is 0 Å². The first kappa shape index (κ1) is 12.8. The molecule has 2 aromatic rings. The zero-order chi connectivity index (χ0) is 13.5. The van der Waals surface area contributed by atoms with E-state index in [1.54, 1.807) is 18.2 Å². The van der Waals surface area contributed by atoms with Gasteiger partial charge in [0.15, 0.2) is 0 Å². The molecule has 2 aromatic carbocycles. The van der Waals surface area contributed by atoms with Crippen molar-refractivity contribution in [1.29, 1.82) is 0 Å². The maximum absolute atomic E-state index is 11.4. The van der Waals surface area contributed by atoms with Crippen LogP contribution in [0.2, 0.25) is 0 Å². The van der Waals surface area contributed by atoms with Crippen LogP contribution in [0.25, 0.3) is 11.1 Å². The lowest BCUT2D eigenvalue weighted by atomic mass is 10.1. The van der Waals surface area contributed by atoms with E-state index in [-0.39, 0.29) is 0 Å². The number of carbonyl (C=O) groups excluding carboxylic acids is 1. The maximum Gasteiger partial charge on any atom is 0.336 e. The van der Waals surface area contributed by atoms with Crippen LogP contribution in [0.1, 0.15) is 0 Å². The van der Waals surface area contributed by atoms with Gasteiger partial charge in [-0.15, -0.1) is 0 Å². The van der Waals surface area contributed by atoms with Crippen molar-refractivity contribution in [3.8, 4) is 16.9 Å². The Kier molecular flexibility index (Phi) is 4.29. The molecule has 0 spiro atoms. The summed E-state index contributed by atoms with van der Waals surface area (Å²) in [5.74, 6) is 0.116. The molecule has 0 saturated carbocycles. The SMILES string of the molecule is C=CC=CC(=O)Oc1ccc(-c2ccccc2)cc1. The van der Waals surface area contributed by atoms with Crippen LogP contribution in [0.3, 0.4) is 0 Å². The van der Waals surface area contributed by atoms with Crippen molar-refractivity contribution in [2.24, 2.45) is 0 Å². The van der Waals surface area contributed by atoms with Gasteiger partial charge in [0.25, 0.3) is 0 Å². The van der Waals surface area contributed by atoms with Crippen molar-refractivity contribution in [3.63, 3.8) is 0 Å². The van der Waals surface area contributed by atoms with Crippen molar-refractivity contribution in [2.75, 3.05) is 0 Å². The number of esters is 1. The number of rotatable bonds is 4. The van der Waals surface area contributed by atoms with Crippen LogP contribution < -0.4 is 4.74 Å². The van der Waals surface area contributed by atoms with Gasteiger partial charge in [-0.3, -0.25) is 0 Å². The summed E-state index contributed by atoms with van der Waals surface area (Å²) in [6, 6.07) is 17.4. The third kappa shape index (κ3) is 3.68. The lowest BCUT2D eigenvalue weighted by Crippen LogP contribution is -2.03. The minimum atomic E-state index is -0.410. The van der Waals surface area contributed by atoms with Crippen molar-refractivity contribution in [2.45, 2.75) is 0 Å². The van der Waals surface area contributed by atoms with E-state index in [4.69, 9.17) is 4.74 Å². The van der Waals surface area contributed by atoms with Crippen LogP contribution in [0.5, 0.6) is 5.75 Å². The number of benzene rings is 2. The zero-order valence-electron chi connectivity index (χ0n) is 10.5. The fraction of sp³-hybridized carbons (Fsp3) is 0. The molecule has 0 atom stereocenters. The second kappa shape index (κ2) is 6.36. The van der Waals surface area contributed by atoms with Gasteiger partial charge in [0, 0.05) is 6.08 Å². The molecule has 0 heterocycles. The highest BCUT2D eigenvalue weighted by molar-refractivity contribution is 5.84. The lowest BCUT2D eigenvalue weighted by Gasteiger charge is -2.04. The first-order valence-electron chi connectivity index (χ1n) is 5.96. The van der Waals surface area contributed by atoms with E-state index in [2.05, 4.69) is 6.58 Å². The highest BCUT2D eigenvalue weighted by Gasteiger charge is 2.01. The van der Waals surface area contributed by atoms with Crippen LogP contribution in [-0.4, -0.2) is 5.97 Å². The smallest absolute Gasteiger partial charge is 0.336 e. The summed E-state index contributed by atoms with van der Waals surface area (Å²) in [5.41, 5.74) is 2.22. The number of ether oxygens (including phenoxy) is 1. The maximum atomic E-state index is 11.4. The van der Waals surface area contributed by atoms with Crippen LogP contribution in [0.15, 0.2) is 79.4 Å². The number of allylic oxidation sites excluding steroid dienone is 2. The summed E-state index contributed by atoms with van der Waals surface area (Å²) >= 11 is 0. The average Bonchev–Trinajstić information content (AvgIpc) is 2.47. The van der Waals surface area contributed by atoms with Crippen LogP contribution in [0, 0.1) is 0 Å². The van der Waals surface area contributed by atoms with Crippen molar-refractivity contribution in [3.05, 3.63) is 79.4 Å². The van der Waals surface area contributed by atoms with Gasteiger partial charge in [0.05, 0.1) is 0 Å². The first-order chi connectivity index (χ1) is 9.29. The molecule has 0 saturated heterocycles. The van der Waals surface area contributed by atoms with E-state index >= 15 is 0 Å². The summed E-state index contributed by atoms with van der Waals surface area (Å²) in [6.07, 6.45) is 4.40. The fourth-order valence-electron chi connectivity index (χ4n) is 1.64. The van der Waals surface area contributed by atoms with Gasteiger partial charge >= 0.3 is 5.97 Å². The van der Waals surface area contributed by atoms with Crippen LogP contribution in [-0.2, 0) is 4.79 Å². The fourth-order valence-corrected chi connectivity index (χ4v) is 1.64. The molecular weight excluding hydrogens is 236 g/mol. The average molecular weight is 250 g/mol. The zero-order valence-corrected chi connectivity index (χ0v) is 10.5. The summed E-state index contributed by atoms with van der Waals surface area (Å²) in [4.78, 5) is 11.4. The van der Waals surface area contributed by atoms with Gasteiger partial charge in [-0.1, -0.05) is 61.2 Å². The predicted octanol–water partition coefficient (Wildman–Crippen LogP) is 4.00. The predicted molar refractivity (Wildman–Crippen MR) is 76.9 cm³/mol. The highest BCUT2D eigenvalue weighted by Crippen LogP contribution is 2.22. The summed E-state index contributed by atoms with van der Waals surface area (Å²) < 4.78 is 5.13. The molecule has 0 N–H and O–H groups in total. The van der Waals surface area contributed by atoms with Gasteiger partial charge < -0.3 is 4.74 Å². The summed E-state index contributed by atoms with van der Waals surface area (Å²) in [6.45, 7) is 3.49. The molecule has 0 aromatic heterocycles. The molecule has 0 aliphatic carbocycles. The normalized spacial score (nSPS) is 10.3. The second-order valence-electron chi connectivity index (χ2n) is 3.91. The third-order valence-electron chi connectivity index (χ3n) is 2.55. The first-order valence-corrected chi connectivity index (χ1v) is 5.96. The number of hydrogen-bond acceptors (Lipinski definition) is 2. The van der Waals surface area contributed by atoms with Gasteiger partial charge in [-0.25, -0.2) is 4.79 Å². The Hall–Kier alpha value is -2.61. The monoisotopic (exact) mass is 250 g/mol. The molecule has 2 rings (SSSR count). The molecule has 2 heteroatoms. The van der Waals surface area contributed by atoms with E-state index < -0.39 is 5.97 Å². The van der Waals surface area contributed by atoms with Crippen molar-refractivity contribution in [1.82, 2.24) is 0 Å². The lowest BCUT2D eigenvalue weighted by molar-refractivity contribution is -0.128. The second-order valence-corrected chi connectivity index (χ2v) is 3.91. The standard InChI is InChI=1S/C17H14O2/c1-2-3-9-17(18)19-16-12-10-15(11-13-16)14-7-5-4-6-8-14/h2-13H,1H2. The molecule has 19 heavy (non-hydrogen) atoms. The van der Waals surface area contributed by atoms with E-state index in [0.717, 1.165) is 11.1 Å². The Labute approximate surface area is 112 Å². The minimum absolute atomic E-state index is 0.410. The molecule has 0 radical (unpaired) electrons. The number of hydrogen-bond donors (Lipinski definition) is 0. The largest absolute Gasteiger partial charge is 0.423 e. The van der Waals surface area contributed by atoms with Gasteiger partial charge in [-0.2, -0.15) is 0 Å². The van der Waals surface area contributed by atoms with E-state index in [1.165, 1.54) is 12.2 Å². The molecule has 0 unspecified atom stereocenters. The molecule has 0 fully saturated rings. The highest BCUT2D eigenvalue weighted by atomic mass is 16.5. The molecule has 94 valence electrons.